The van der Waals surface area contributed by atoms with Crippen molar-refractivity contribution in [2.45, 2.75) is 46.5 Å². The Bertz CT molecular complexity index is 181. The maximum Gasteiger partial charge on any atom is 0.0989 e. The average molecular weight is 196 g/mol. The van der Waals surface area contributed by atoms with Gasteiger partial charge in [0.25, 0.3) is 0 Å². The minimum absolute atomic E-state index is 0.601. The van der Waals surface area contributed by atoms with E-state index < -0.39 is 0 Å². The van der Waals surface area contributed by atoms with E-state index in [-0.39, 0.29) is 0 Å². The summed E-state index contributed by atoms with van der Waals surface area (Å²) in [7, 11) is 0. The first kappa shape index (κ1) is 11.5. The van der Waals surface area contributed by atoms with Crippen LogP contribution >= 0.6 is 0 Å². The summed E-state index contributed by atoms with van der Waals surface area (Å²) < 4.78 is 0. The fraction of sp³-hybridized carbons (Fsp3) is 0.917. The SMILES string of the molecule is CCC(CC)CN(CC)C(=N)C1CC1. The highest BCUT2D eigenvalue weighted by Gasteiger charge is 2.29. The van der Waals surface area contributed by atoms with Crippen molar-refractivity contribution in [3.8, 4) is 0 Å². The van der Waals surface area contributed by atoms with Gasteiger partial charge >= 0.3 is 0 Å². The predicted molar refractivity (Wildman–Crippen MR) is 61.8 cm³/mol. The summed E-state index contributed by atoms with van der Waals surface area (Å²) in [5, 5.41) is 8.03. The molecule has 14 heavy (non-hydrogen) atoms. The smallest absolute Gasteiger partial charge is 0.0989 e. The van der Waals surface area contributed by atoms with Crippen LogP contribution in [0.3, 0.4) is 0 Å². The summed E-state index contributed by atoms with van der Waals surface area (Å²) in [6.45, 7) is 8.77. The highest BCUT2D eigenvalue weighted by atomic mass is 15.2. The predicted octanol–water partition coefficient (Wildman–Crippen LogP) is 3.13. The third-order valence-corrected chi connectivity index (χ3v) is 3.32. The van der Waals surface area contributed by atoms with Gasteiger partial charge in [-0.15, -0.1) is 0 Å². The molecule has 1 fully saturated rings. The lowest BCUT2D eigenvalue weighted by molar-refractivity contribution is 0.327. The maximum absolute atomic E-state index is 8.03. The van der Waals surface area contributed by atoms with Gasteiger partial charge in [0.05, 0.1) is 5.84 Å². The third-order valence-electron chi connectivity index (χ3n) is 3.32. The van der Waals surface area contributed by atoms with Crippen LogP contribution in [0.4, 0.5) is 0 Å². The van der Waals surface area contributed by atoms with Crippen LogP contribution in [0, 0.1) is 17.2 Å². The van der Waals surface area contributed by atoms with Crippen molar-refractivity contribution in [1.29, 1.82) is 5.41 Å². The zero-order valence-corrected chi connectivity index (χ0v) is 9.84. The molecule has 0 aromatic heterocycles. The lowest BCUT2D eigenvalue weighted by Crippen LogP contribution is -2.35. The lowest BCUT2D eigenvalue weighted by atomic mass is 10.0. The topological polar surface area (TPSA) is 27.1 Å². The van der Waals surface area contributed by atoms with Crippen LogP contribution in [0.1, 0.15) is 46.5 Å². The molecule has 0 radical (unpaired) electrons. The maximum atomic E-state index is 8.03. The molecule has 0 aliphatic heterocycles. The van der Waals surface area contributed by atoms with E-state index in [0.717, 1.165) is 24.8 Å². The van der Waals surface area contributed by atoms with Gasteiger partial charge in [-0.1, -0.05) is 26.7 Å². The minimum atomic E-state index is 0.601. The van der Waals surface area contributed by atoms with E-state index in [2.05, 4.69) is 25.7 Å². The number of hydrogen-bond acceptors (Lipinski definition) is 1. The van der Waals surface area contributed by atoms with E-state index in [9.17, 15) is 0 Å². The number of amidine groups is 1. The lowest BCUT2D eigenvalue weighted by Gasteiger charge is -2.27. The Balaban J connectivity index is 2.40. The Hall–Kier alpha value is -0.530. The monoisotopic (exact) mass is 196 g/mol. The van der Waals surface area contributed by atoms with Crippen molar-refractivity contribution in [2.75, 3.05) is 13.1 Å². The van der Waals surface area contributed by atoms with Crippen LogP contribution in [0.15, 0.2) is 0 Å². The van der Waals surface area contributed by atoms with Gasteiger partial charge in [-0.3, -0.25) is 5.41 Å². The summed E-state index contributed by atoms with van der Waals surface area (Å²) in [4.78, 5) is 2.27. The molecule has 1 aliphatic carbocycles. The Morgan fingerprint density at radius 3 is 2.21 bits per heavy atom. The van der Waals surface area contributed by atoms with Crippen LogP contribution in [0.5, 0.6) is 0 Å². The van der Waals surface area contributed by atoms with Gasteiger partial charge in [-0.2, -0.15) is 0 Å². The Morgan fingerprint density at radius 2 is 1.86 bits per heavy atom. The van der Waals surface area contributed by atoms with Crippen molar-refractivity contribution >= 4 is 5.84 Å². The quantitative estimate of drug-likeness (QED) is 0.513. The van der Waals surface area contributed by atoms with E-state index in [0.29, 0.717) is 5.92 Å². The molecule has 82 valence electrons. The van der Waals surface area contributed by atoms with Gasteiger partial charge in [-0.05, 0) is 25.7 Å². The van der Waals surface area contributed by atoms with E-state index in [1.807, 2.05) is 0 Å². The zero-order valence-electron chi connectivity index (χ0n) is 9.84. The molecule has 0 amide bonds. The zero-order chi connectivity index (χ0) is 10.6. The first-order valence-corrected chi connectivity index (χ1v) is 6.06. The molecule has 1 rings (SSSR count). The first-order valence-electron chi connectivity index (χ1n) is 6.06. The van der Waals surface area contributed by atoms with E-state index in [1.165, 1.54) is 25.7 Å². The summed E-state index contributed by atoms with van der Waals surface area (Å²) in [6, 6.07) is 0. The molecule has 0 bridgehead atoms. The first-order chi connectivity index (χ1) is 6.72. The molecule has 0 spiro atoms. The highest BCUT2D eigenvalue weighted by molar-refractivity contribution is 5.83. The fourth-order valence-electron chi connectivity index (χ4n) is 1.87. The van der Waals surface area contributed by atoms with Crippen molar-refractivity contribution in [1.82, 2.24) is 4.90 Å². The van der Waals surface area contributed by atoms with E-state index in [1.54, 1.807) is 0 Å². The number of rotatable bonds is 6. The fourth-order valence-corrected chi connectivity index (χ4v) is 1.87. The molecule has 0 atom stereocenters. The molecular formula is C12H24N2. The molecular weight excluding hydrogens is 172 g/mol. The Morgan fingerprint density at radius 1 is 1.29 bits per heavy atom. The van der Waals surface area contributed by atoms with E-state index >= 15 is 0 Å². The number of nitrogens with zero attached hydrogens (tertiary/aromatic N) is 1. The molecule has 1 saturated carbocycles. The van der Waals surface area contributed by atoms with Gasteiger partial charge in [0, 0.05) is 19.0 Å². The van der Waals surface area contributed by atoms with Crippen molar-refractivity contribution in [3.63, 3.8) is 0 Å². The molecule has 1 aliphatic rings. The van der Waals surface area contributed by atoms with Crippen LogP contribution in [-0.4, -0.2) is 23.8 Å². The van der Waals surface area contributed by atoms with Gasteiger partial charge in [0.15, 0.2) is 0 Å². The second-order valence-corrected chi connectivity index (χ2v) is 4.38. The standard InChI is InChI=1S/C12H24N2/c1-4-10(5-2)9-14(6-3)12(13)11-7-8-11/h10-11,13H,4-9H2,1-3H3. The number of hydrogen-bond donors (Lipinski definition) is 1. The van der Waals surface area contributed by atoms with Gasteiger partial charge in [0.2, 0.25) is 0 Å². The van der Waals surface area contributed by atoms with Crippen LogP contribution < -0.4 is 0 Å². The Kier molecular flexibility index (Phi) is 4.43. The second kappa shape index (κ2) is 5.38. The van der Waals surface area contributed by atoms with Crippen LogP contribution in [0.2, 0.25) is 0 Å². The third kappa shape index (κ3) is 3.00. The highest BCUT2D eigenvalue weighted by Crippen LogP contribution is 2.31. The number of nitrogens with one attached hydrogen (secondary N) is 1. The molecule has 2 nitrogen and oxygen atoms in total. The normalized spacial score (nSPS) is 16.0. The summed E-state index contributed by atoms with van der Waals surface area (Å²) in [5.74, 6) is 2.28. The molecule has 0 unspecified atom stereocenters. The molecule has 0 saturated heterocycles. The molecule has 2 heteroatoms. The van der Waals surface area contributed by atoms with Gasteiger partial charge in [-0.25, -0.2) is 0 Å². The summed E-state index contributed by atoms with van der Waals surface area (Å²) in [6.07, 6.45) is 4.98. The van der Waals surface area contributed by atoms with Crippen LogP contribution in [0.25, 0.3) is 0 Å². The molecule has 0 heterocycles. The Labute approximate surface area is 88.2 Å². The molecule has 1 N–H and O–H groups in total. The van der Waals surface area contributed by atoms with Crippen molar-refractivity contribution < 1.29 is 0 Å². The average Bonchev–Trinajstić information content (AvgIpc) is 3.02. The van der Waals surface area contributed by atoms with Crippen molar-refractivity contribution in [2.24, 2.45) is 11.8 Å². The minimum Gasteiger partial charge on any atom is -0.360 e. The molecule has 0 aromatic rings. The van der Waals surface area contributed by atoms with Crippen LogP contribution in [-0.2, 0) is 0 Å². The van der Waals surface area contributed by atoms with Crippen molar-refractivity contribution in [3.05, 3.63) is 0 Å². The summed E-state index contributed by atoms with van der Waals surface area (Å²) in [5.41, 5.74) is 0. The molecule has 0 aromatic carbocycles. The van der Waals surface area contributed by atoms with Gasteiger partial charge in [0.1, 0.15) is 0 Å². The largest absolute Gasteiger partial charge is 0.360 e. The second-order valence-electron chi connectivity index (χ2n) is 4.38. The summed E-state index contributed by atoms with van der Waals surface area (Å²) >= 11 is 0. The van der Waals surface area contributed by atoms with Gasteiger partial charge < -0.3 is 4.90 Å². The van der Waals surface area contributed by atoms with E-state index in [4.69, 9.17) is 5.41 Å².